The Balaban J connectivity index is 3.27. The summed E-state index contributed by atoms with van der Waals surface area (Å²) in [5.41, 5.74) is 4.94. The SMILES string of the molecule is CC[C@@H](N)c1ccc(Cl)cc1C(F)(F)F. The Morgan fingerprint density at radius 3 is 2.47 bits per heavy atom. The number of halogens is 4. The molecule has 1 rings (SSSR count). The molecule has 0 aromatic heterocycles. The van der Waals surface area contributed by atoms with Crippen LogP contribution in [0.3, 0.4) is 0 Å². The number of hydrogen-bond acceptors (Lipinski definition) is 1. The summed E-state index contributed by atoms with van der Waals surface area (Å²) in [7, 11) is 0. The van der Waals surface area contributed by atoms with Crippen molar-refractivity contribution >= 4 is 11.6 Å². The van der Waals surface area contributed by atoms with Gasteiger partial charge in [-0.2, -0.15) is 13.2 Å². The maximum Gasteiger partial charge on any atom is 0.416 e. The summed E-state index contributed by atoms with van der Waals surface area (Å²) in [6.45, 7) is 1.74. The Kier molecular flexibility index (Phi) is 3.62. The van der Waals surface area contributed by atoms with Gasteiger partial charge in [0, 0.05) is 11.1 Å². The maximum atomic E-state index is 12.6. The number of nitrogens with two attached hydrogens (primary N) is 1. The molecule has 5 heteroatoms. The highest BCUT2D eigenvalue weighted by molar-refractivity contribution is 6.30. The molecule has 15 heavy (non-hydrogen) atoms. The lowest BCUT2D eigenvalue weighted by atomic mass is 9.99. The van der Waals surface area contributed by atoms with E-state index in [1.807, 2.05) is 0 Å². The van der Waals surface area contributed by atoms with Crippen molar-refractivity contribution in [2.24, 2.45) is 5.73 Å². The van der Waals surface area contributed by atoms with E-state index in [1.165, 1.54) is 12.1 Å². The Morgan fingerprint density at radius 1 is 1.40 bits per heavy atom. The molecule has 1 aromatic carbocycles. The van der Waals surface area contributed by atoms with E-state index in [2.05, 4.69) is 0 Å². The highest BCUT2D eigenvalue weighted by Gasteiger charge is 2.34. The molecule has 1 nitrogen and oxygen atoms in total. The molecule has 84 valence electrons. The summed E-state index contributed by atoms with van der Waals surface area (Å²) in [6.07, 6.45) is -3.96. The minimum atomic E-state index is -4.41. The lowest BCUT2D eigenvalue weighted by molar-refractivity contribution is -0.138. The van der Waals surface area contributed by atoms with Crippen molar-refractivity contribution in [3.8, 4) is 0 Å². The fraction of sp³-hybridized carbons (Fsp3) is 0.400. The second kappa shape index (κ2) is 4.41. The fourth-order valence-electron chi connectivity index (χ4n) is 1.32. The van der Waals surface area contributed by atoms with E-state index in [-0.39, 0.29) is 10.6 Å². The predicted molar refractivity (Wildman–Crippen MR) is 53.7 cm³/mol. The van der Waals surface area contributed by atoms with E-state index in [9.17, 15) is 13.2 Å². The van der Waals surface area contributed by atoms with Crippen LogP contribution in [0.4, 0.5) is 13.2 Å². The average molecular weight is 238 g/mol. The van der Waals surface area contributed by atoms with Gasteiger partial charge in [0.05, 0.1) is 5.56 Å². The van der Waals surface area contributed by atoms with Gasteiger partial charge in [-0.15, -0.1) is 0 Å². The molecule has 0 saturated heterocycles. The summed E-state index contributed by atoms with van der Waals surface area (Å²) >= 11 is 5.53. The topological polar surface area (TPSA) is 26.0 Å². The third-order valence-electron chi connectivity index (χ3n) is 2.16. The summed E-state index contributed by atoms with van der Waals surface area (Å²) < 4.78 is 37.8. The molecule has 0 bridgehead atoms. The van der Waals surface area contributed by atoms with E-state index >= 15 is 0 Å². The molecule has 0 spiro atoms. The number of rotatable bonds is 2. The van der Waals surface area contributed by atoms with E-state index in [1.54, 1.807) is 6.92 Å². The summed E-state index contributed by atoms with van der Waals surface area (Å²) in [6, 6.07) is 3.05. The van der Waals surface area contributed by atoms with Crippen LogP contribution >= 0.6 is 11.6 Å². The molecule has 2 N–H and O–H groups in total. The zero-order valence-electron chi connectivity index (χ0n) is 8.11. The van der Waals surface area contributed by atoms with Crippen LogP contribution in [0.15, 0.2) is 18.2 Å². The van der Waals surface area contributed by atoms with Gasteiger partial charge in [0.1, 0.15) is 0 Å². The van der Waals surface area contributed by atoms with Gasteiger partial charge in [-0.05, 0) is 24.1 Å². The smallest absolute Gasteiger partial charge is 0.324 e. The Morgan fingerprint density at radius 2 is 2.00 bits per heavy atom. The largest absolute Gasteiger partial charge is 0.416 e. The van der Waals surface area contributed by atoms with Gasteiger partial charge in [0.2, 0.25) is 0 Å². The Bertz CT molecular complexity index is 349. The first-order chi connectivity index (χ1) is 6.86. The van der Waals surface area contributed by atoms with Crippen molar-refractivity contribution in [2.75, 3.05) is 0 Å². The first-order valence-electron chi connectivity index (χ1n) is 4.48. The molecule has 0 fully saturated rings. The molecule has 0 amide bonds. The number of hydrogen-bond donors (Lipinski definition) is 1. The van der Waals surface area contributed by atoms with Crippen molar-refractivity contribution in [3.63, 3.8) is 0 Å². The van der Waals surface area contributed by atoms with Crippen LogP contribution < -0.4 is 5.73 Å². The molecule has 0 aliphatic carbocycles. The van der Waals surface area contributed by atoms with Crippen molar-refractivity contribution in [1.29, 1.82) is 0 Å². The minimum Gasteiger partial charge on any atom is -0.324 e. The third kappa shape index (κ3) is 2.86. The average Bonchev–Trinajstić information content (AvgIpc) is 2.15. The quantitative estimate of drug-likeness (QED) is 0.833. The molecule has 0 unspecified atom stereocenters. The molecule has 1 aromatic rings. The molecular weight excluding hydrogens is 227 g/mol. The third-order valence-corrected chi connectivity index (χ3v) is 2.40. The lowest BCUT2D eigenvalue weighted by Gasteiger charge is -2.17. The Hall–Kier alpha value is -0.740. The van der Waals surface area contributed by atoms with Crippen LogP contribution in [0.1, 0.15) is 30.5 Å². The zero-order chi connectivity index (χ0) is 11.6. The molecule has 0 aliphatic rings. The highest BCUT2D eigenvalue weighted by Crippen LogP contribution is 2.36. The predicted octanol–water partition coefficient (Wildman–Crippen LogP) is 3.77. The van der Waals surface area contributed by atoms with Gasteiger partial charge in [-0.1, -0.05) is 24.6 Å². The first-order valence-corrected chi connectivity index (χ1v) is 4.86. The van der Waals surface area contributed by atoms with Gasteiger partial charge in [0.15, 0.2) is 0 Å². The van der Waals surface area contributed by atoms with E-state index in [0.29, 0.717) is 6.42 Å². The van der Waals surface area contributed by atoms with E-state index in [4.69, 9.17) is 17.3 Å². The Labute approximate surface area is 91.0 Å². The number of alkyl halides is 3. The van der Waals surface area contributed by atoms with Crippen LogP contribution in [-0.2, 0) is 6.18 Å². The van der Waals surface area contributed by atoms with Gasteiger partial charge < -0.3 is 5.73 Å². The summed E-state index contributed by atoms with van der Waals surface area (Å²) in [5, 5.41) is 0.0642. The highest BCUT2D eigenvalue weighted by atomic mass is 35.5. The maximum absolute atomic E-state index is 12.6. The van der Waals surface area contributed by atoms with Crippen LogP contribution in [0.2, 0.25) is 5.02 Å². The molecular formula is C10H11ClF3N. The zero-order valence-corrected chi connectivity index (χ0v) is 8.86. The fourth-order valence-corrected chi connectivity index (χ4v) is 1.49. The minimum absolute atomic E-state index is 0.0642. The van der Waals surface area contributed by atoms with Gasteiger partial charge >= 0.3 is 6.18 Å². The molecule has 1 atom stereocenters. The van der Waals surface area contributed by atoms with Crippen LogP contribution in [0, 0.1) is 0 Å². The van der Waals surface area contributed by atoms with Crippen molar-refractivity contribution < 1.29 is 13.2 Å². The second-order valence-electron chi connectivity index (χ2n) is 3.24. The molecule has 0 radical (unpaired) electrons. The van der Waals surface area contributed by atoms with Crippen LogP contribution in [0.25, 0.3) is 0 Å². The lowest BCUT2D eigenvalue weighted by Crippen LogP contribution is -2.16. The summed E-state index contributed by atoms with van der Waals surface area (Å²) in [4.78, 5) is 0. The monoisotopic (exact) mass is 237 g/mol. The van der Waals surface area contributed by atoms with Gasteiger partial charge in [-0.25, -0.2) is 0 Å². The second-order valence-corrected chi connectivity index (χ2v) is 3.68. The first kappa shape index (κ1) is 12.3. The van der Waals surface area contributed by atoms with Gasteiger partial charge in [0.25, 0.3) is 0 Å². The van der Waals surface area contributed by atoms with Crippen LogP contribution in [-0.4, -0.2) is 0 Å². The van der Waals surface area contributed by atoms with Crippen molar-refractivity contribution in [1.82, 2.24) is 0 Å². The number of benzene rings is 1. The van der Waals surface area contributed by atoms with Crippen molar-refractivity contribution in [2.45, 2.75) is 25.6 Å². The van der Waals surface area contributed by atoms with Crippen molar-refractivity contribution in [3.05, 3.63) is 34.3 Å². The van der Waals surface area contributed by atoms with Crippen LogP contribution in [0.5, 0.6) is 0 Å². The molecule has 0 heterocycles. The van der Waals surface area contributed by atoms with E-state index in [0.717, 1.165) is 6.07 Å². The summed E-state index contributed by atoms with van der Waals surface area (Å²) in [5.74, 6) is 0. The normalized spacial score (nSPS) is 14.0. The molecule has 0 aliphatic heterocycles. The van der Waals surface area contributed by atoms with E-state index < -0.39 is 17.8 Å². The standard InChI is InChI=1S/C10H11ClF3N/c1-2-9(15)7-4-3-6(11)5-8(7)10(12,13)14/h3-5,9H,2,15H2,1H3/t9-/m1/s1. The molecule has 0 saturated carbocycles. The van der Waals surface area contributed by atoms with Gasteiger partial charge in [-0.3, -0.25) is 0 Å².